The predicted molar refractivity (Wildman–Crippen MR) is 92.3 cm³/mol. The van der Waals surface area contributed by atoms with E-state index in [0.29, 0.717) is 12.4 Å². The minimum Gasteiger partial charge on any atom is -0.497 e. The normalized spacial score (nSPS) is 21.0. The molecule has 1 heterocycles. The summed E-state index contributed by atoms with van der Waals surface area (Å²) in [5.74, 6) is 0.440. The number of sulfonamides is 1. The molecule has 1 saturated heterocycles. The molecule has 9 heteroatoms. The number of rotatable bonds is 7. The minimum absolute atomic E-state index is 0. The van der Waals surface area contributed by atoms with E-state index in [9.17, 15) is 8.42 Å². The highest BCUT2D eigenvalue weighted by molar-refractivity contribution is 7.89. The lowest BCUT2D eigenvalue weighted by Gasteiger charge is -2.29. The van der Waals surface area contributed by atoms with Crippen LogP contribution in [0.25, 0.3) is 0 Å². The van der Waals surface area contributed by atoms with E-state index >= 15 is 0 Å². The third-order valence-corrected chi connectivity index (χ3v) is 5.66. The van der Waals surface area contributed by atoms with Crippen LogP contribution in [0.1, 0.15) is 12.8 Å². The molecule has 1 aromatic rings. The van der Waals surface area contributed by atoms with Crippen molar-refractivity contribution in [1.29, 1.82) is 0 Å². The van der Waals surface area contributed by atoms with Crippen LogP contribution in [-0.4, -0.2) is 47.9 Å². The van der Waals surface area contributed by atoms with Crippen LogP contribution >= 0.6 is 24.0 Å². The van der Waals surface area contributed by atoms with Gasteiger partial charge in [-0.05, 0) is 31.5 Å². The van der Waals surface area contributed by atoms with Crippen LogP contribution in [0.2, 0.25) is 5.02 Å². The maximum atomic E-state index is 12.5. The van der Waals surface area contributed by atoms with Crippen molar-refractivity contribution in [3.05, 3.63) is 23.2 Å². The van der Waals surface area contributed by atoms with E-state index in [1.807, 2.05) is 0 Å². The molecule has 0 saturated carbocycles. The maximum absolute atomic E-state index is 12.5. The van der Waals surface area contributed by atoms with Gasteiger partial charge in [0, 0.05) is 19.7 Å². The minimum atomic E-state index is -3.72. The first-order valence-electron chi connectivity index (χ1n) is 7.00. The van der Waals surface area contributed by atoms with Gasteiger partial charge in [0.15, 0.2) is 0 Å². The summed E-state index contributed by atoms with van der Waals surface area (Å²) in [5.41, 5.74) is -0.368. The van der Waals surface area contributed by atoms with Gasteiger partial charge in [0.25, 0.3) is 0 Å². The second-order valence-electron chi connectivity index (χ2n) is 5.36. The molecule has 0 spiro atoms. The zero-order chi connectivity index (χ0) is 16.2. The molecule has 0 bridgehead atoms. The van der Waals surface area contributed by atoms with Crippen LogP contribution in [0, 0.1) is 0 Å². The van der Waals surface area contributed by atoms with E-state index in [2.05, 4.69) is 10.0 Å². The average molecular weight is 385 g/mol. The highest BCUT2D eigenvalue weighted by atomic mass is 35.5. The molecule has 1 fully saturated rings. The number of hydrogen-bond donors (Lipinski definition) is 2. The lowest BCUT2D eigenvalue weighted by atomic mass is 9.99. The van der Waals surface area contributed by atoms with Gasteiger partial charge in [-0.15, -0.1) is 12.4 Å². The molecule has 1 aromatic carbocycles. The number of hydrogen-bond acceptors (Lipinski definition) is 5. The highest BCUT2D eigenvalue weighted by Gasteiger charge is 2.35. The molecular formula is C14H22Cl2N2O4S. The van der Waals surface area contributed by atoms with Gasteiger partial charge in [-0.25, -0.2) is 13.1 Å². The molecule has 132 valence electrons. The maximum Gasteiger partial charge on any atom is 0.242 e. The van der Waals surface area contributed by atoms with E-state index in [1.165, 1.54) is 19.2 Å². The van der Waals surface area contributed by atoms with E-state index in [1.54, 1.807) is 13.2 Å². The summed E-state index contributed by atoms with van der Waals surface area (Å²) in [7, 11) is -0.643. The first kappa shape index (κ1) is 20.5. The van der Waals surface area contributed by atoms with Gasteiger partial charge in [0.05, 0.1) is 24.3 Å². The predicted octanol–water partition coefficient (Wildman–Crippen LogP) is 1.82. The molecule has 23 heavy (non-hydrogen) atoms. The van der Waals surface area contributed by atoms with Crippen molar-refractivity contribution in [2.45, 2.75) is 23.3 Å². The van der Waals surface area contributed by atoms with Crippen molar-refractivity contribution < 1.29 is 17.9 Å². The Kier molecular flexibility index (Phi) is 7.57. The molecule has 1 aliphatic heterocycles. The first-order valence-corrected chi connectivity index (χ1v) is 8.86. The van der Waals surface area contributed by atoms with Gasteiger partial charge in [-0.1, -0.05) is 11.6 Å². The Labute approximate surface area is 148 Å². The topological polar surface area (TPSA) is 76.7 Å². The Balaban J connectivity index is 0.00000264. The summed E-state index contributed by atoms with van der Waals surface area (Å²) in [6, 6.07) is 4.54. The quantitative estimate of drug-likeness (QED) is 0.749. The zero-order valence-electron chi connectivity index (χ0n) is 13.1. The Bertz CT molecular complexity index is 619. The van der Waals surface area contributed by atoms with Crippen LogP contribution < -0.4 is 14.8 Å². The fraction of sp³-hybridized carbons (Fsp3) is 0.571. The Hall–Kier alpha value is -0.570. The smallest absolute Gasteiger partial charge is 0.242 e. The Morgan fingerprint density at radius 3 is 2.70 bits per heavy atom. The SMILES string of the molecule is COCC1(CNS(=O)(=O)c2cc(OC)ccc2Cl)CCCN1.Cl. The van der Waals surface area contributed by atoms with Crippen LogP contribution in [0.5, 0.6) is 5.75 Å². The third kappa shape index (κ3) is 4.95. The average Bonchev–Trinajstić information content (AvgIpc) is 2.95. The van der Waals surface area contributed by atoms with Gasteiger partial charge in [0.2, 0.25) is 10.0 Å². The third-order valence-electron chi connectivity index (χ3n) is 3.78. The summed E-state index contributed by atoms with van der Waals surface area (Å²) in [4.78, 5) is 0.0130. The lowest BCUT2D eigenvalue weighted by molar-refractivity contribution is 0.122. The second kappa shape index (κ2) is 8.50. The lowest BCUT2D eigenvalue weighted by Crippen LogP contribution is -2.52. The van der Waals surface area contributed by atoms with Gasteiger partial charge >= 0.3 is 0 Å². The number of halogens is 2. The van der Waals surface area contributed by atoms with Crippen LogP contribution in [0.4, 0.5) is 0 Å². The Morgan fingerprint density at radius 1 is 1.39 bits per heavy atom. The van der Waals surface area contributed by atoms with Crippen molar-refractivity contribution in [2.75, 3.05) is 33.9 Å². The molecule has 1 unspecified atom stereocenters. The number of nitrogens with one attached hydrogen (secondary N) is 2. The fourth-order valence-electron chi connectivity index (χ4n) is 2.60. The van der Waals surface area contributed by atoms with Crippen molar-refractivity contribution in [3.63, 3.8) is 0 Å². The summed E-state index contributed by atoms with van der Waals surface area (Å²) in [6.07, 6.45) is 1.85. The zero-order valence-corrected chi connectivity index (χ0v) is 15.5. The van der Waals surface area contributed by atoms with Crippen molar-refractivity contribution in [3.8, 4) is 5.75 Å². The number of benzene rings is 1. The molecule has 0 aliphatic carbocycles. The van der Waals surface area contributed by atoms with Crippen LogP contribution in [0.3, 0.4) is 0 Å². The first-order chi connectivity index (χ1) is 10.4. The van der Waals surface area contributed by atoms with Gasteiger partial charge < -0.3 is 14.8 Å². The van der Waals surface area contributed by atoms with Crippen molar-refractivity contribution >= 4 is 34.0 Å². The van der Waals surface area contributed by atoms with Crippen LogP contribution in [-0.2, 0) is 14.8 Å². The molecule has 6 nitrogen and oxygen atoms in total. The molecule has 0 radical (unpaired) electrons. The van der Waals surface area contributed by atoms with Gasteiger partial charge in [0.1, 0.15) is 10.6 Å². The van der Waals surface area contributed by atoms with Crippen molar-refractivity contribution in [1.82, 2.24) is 10.0 Å². The largest absolute Gasteiger partial charge is 0.497 e. The Morgan fingerprint density at radius 2 is 2.13 bits per heavy atom. The number of ether oxygens (including phenoxy) is 2. The highest BCUT2D eigenvalue weighted by Crippen LogP contribution is 2.27. The molecule has 1 aliphatic rings. The fourth-order valence-corrected chi connectivity index (χ4v) is 4.24. The van der Waals surface area contributed by atoms with Crippen LogP contribution in [0.15, 0.2) is 23.1 Å². The summed E-state index contributed by atoms with van der Waals surface area (Å²) >= 11 is 6.01. The monoisotopic (exact) mass is 384 g/mol. The molecule has 2 rings (SSSR count). The van der Waals surface area contributed by atoms with E-state index in [0.717, 1.165) is 19.4 Å². The van der Waals surface area contributed by atoms with E-state index in [-0.39, 0.29) is 34.4 Å². The number of methoxy groups -OCH3 is 2. The van der Waals surface area contributed by atoms with Crippen molar-refractivity contribution in [2.24, 2.45) is 0 Å². The van der Waals surface area contributed by atoms with Gasteiger partial charge in [-0.2, -0.15) is 0 Å². The molecule has 1 atom stereocenters. The molecule has 0 amide bonds. The molecule has 2 N–H and O–H groups in total. The molecule has 0 aromatic heterocycles. The summed E-state index contributed by atoms with van der Waals surface area (Å²) in [5, 5.41) is 3.48. The van der Waals surface area contributed by atoms with E-state index < -0.39 is 10.0 Å². The van der Waals surface area contributed by atoms with E-state index in [4.69, 9.17) is 21.1 Å². The summed E-state index contributed by atoms with van der Waals surface area (Å²) < 4.78 is 37.9. The van der Waals surface area contributed by atoms with Gasteiger partial charge in [-0.3, -0.25) is 0 Å². The summed E-state index contributed by atoms with van der Waals surface area (Å²) in [6.45, 7) is 1.54. The molecular weight excluding hydrogens is 363 g/mol. The standard InChI is InChI=1S/C14H21ClN2O4S.ClH/c1-20-10-14(6-3-7-16-14)9-17-22(18,19)13-8-11(21-2)4-5-12(13)15;/h4-5,8,16-17H,3,6-7,9-10H2,1-2H3;1H. The second-order valence-corrected chi connectivity index (χ2v) is 7.51.